The molecule has 0 saturated heterocycles. The minimum absolute atomic E-state index is 0.116. The Morgan fingerprint density at radius 2 is 2.00 bits per heavy atom. The highest BCUT2D eigenvalue weighted by Gasteiger charge is 2.09. The Morgan fingerprint density at radius 1 is 1.19 bits per heavy atom. The van der Waals surface area contributed by atoms with Crippen molar-refractivity contribution in [2.45, 2.75) is 6.92 Å². The number of rotatable bonds is 5. The minimum Gasteiger partial charge on any atom is -0.478 e. The molecule has 21 heavy (non-hydrogen) atoms. The number of hydrogen-bond acceptors (Lipinski definition) is 5. The van der Waals surface area contributed by atoms with E-state index in [1.165, 1.54) is 24.5 Å². The lowest BCUT2D eigenvalue weighted by molar-refractivity contribution is 0.0690. The van der Waals surface area contributed by atoms with Crippen molar-refractivity contribution in [3.05, 3.63) is 47.9 Å². The largest absolute Gasteiger partial charge is 0.478 e. The molecule has 2 rings (SSSR count). The average Bonchev–Trinajstić information content (AvgIpc) is 2.49. The molecule has 7 nitrogen and oxygen atoms in total. The van der Waals surface area contributed by atoms with Crippen LogP contribution in [0, 0.1) is 0 Å². The summed E-state index contributed by atoms with van der Waals surface area (Å²) in [6.07, 6.45) is 2.68. The zero-order chi connectivity index (χ0) is 15.2. The molecular weight excluding hydrogens is 274 g/mol. The van der Waals surface area contributed by atoms with Crippen molar-refractivity contribution in [1.29, 1.82) is 0 Å². The number of carbonyl (C=O) groups is 2. The fourth-order valence-corrected chi connectivity index (χ4v) is 1.55. The fraction of sp³-hybridized carbons (Fsp3) is 0.143. The maximum absolute atomic E-state index is 11.9. The standard InChI is InChI=1S/C14H13N3O4/c1-2-21-12-6-4-10(8-16-12)17-13(18)9-3-5-11(14(19)20)15-7-9/h3-8H,2H2,1H3,(H,17,18)(H,19,20). The van der Waals surface area contributed by atoms with Gasteiger partial charge in [0.2, 0.25) is 5.88 Å². The van der Waals surface area contributed by atoms with Crippen molar-refractivity contribution < 1.29 is 19.4 Å². The van der Waals surface area contributed by atoms with Crippen molar-refractivity contribution in [1.82, 2.24) is 9.97 Å². The number of ether oxygens (including phenoxy) is 1. The Kier molecular flexibility index (Phi) is 4.45. The van der Waals surface area contributed by atoms with Crippen LogP contribution in [-0.2, 0) is 0 Å². The van der Waals surface area contributed by atoms with E-state index in [0.29, 0.717) is 18.2 Å². The Balaban J connectivity index is 2.05. The molecule has 0 aliphatic rings. The molecule has 2 N–H and O–H groups in total. The van der Waals surface area contributed by atoms with Crippen molar-refractivity contribution in [3.8, 4) is 5.88 Å². The summed E-state index contributed by atoms with van der Waals surface area (Å²) in [5.41, 5.74) is 0.647. The number of nitrogens with one attached hydrogen (secondary N) is 1. The number of aromatic nitrogens is 2. The van der Waals surface area contributed by atoms with Gasteiger partial charge in [-0.15, -0.1) is 0 Å². The van der Waals surface area contributed by atoms with Gasteiger partial charge in [0, 0.05) is 12.3 Å². The summed E-state index contributed by atoms with van der Waals surface area (Å²) >= 11 is 0. The highest BCUT2D eigenvalue weighted by atomic mass is 16.5. The summed E-state index contributed by atoms with van der Waals surface area (Å²) in [5.74, 6) is -1.06. The number of hydrogen-bond donors (Lipinski definition) is 2. The molecule has 0 aliphatic carbocycles. The van der Waals surface area contributed by atoms with Gasteiger partial charge in [0.1, 0.15) is 5.69 Å². The van der Waals surface area contributed by atoms with E-state index in [1.54, 1.807) is 12.1 Å². The smallest absolute Gasteiger partial charge is 0.354 e. The van der Waals surface area contributed by atoms with Crippen molar-refractivity contribution in [2.24, 2.45) is 0 Å². The zero-order valence-corrected chi connectivity index (χ0v) is 11.2. The van der Waals surface area contributed by atoms with Gasteiger partial charge in [0.25, 0.3) is 5.91 Å². The molecule has 0 bridgehead atoms. The number of aromatic carboxylic acids is 1. The summed E-state index contributed by atoms with van der Waals surface area (Å²) in [7, 11) is 0. The molecule has 0 saturated carbocycles. The second kappa shape index (κ2) is 6.47. The number of pyridine rings is 2. The Labute approximate surface area is 120 Å². The predicted molar refractivity (Wildman–Crippen MR) is 74.6 cm³/mol. The number of anilines is 1. The van der Waals surface area contributed by atoms with E-state index < -0.39 is 11.9 Å². The Morgan fingerprint density at radius 3 is 2.52 bits per heavy atom. The van der Waals surface area contributed by atoms with E-state index in [-0.39, 0.29) is 11.3 Å². The third-order valence-electron chi connectivity index (χ3n) is 2.53. The lowest BCUT2D eigenvalue weighted by Gasteiger charge is -2.06. The number of nitrogens with zero attached hydrogens (tertiary/aromatic N) is 2. The Bertz CT molecular complexity index is 638. The van der Waals surface area contributed by atoms with E-state index in [1.807, 2.05) is 6.92 Å². The molecule has 0 aromatic carbocycles. The van der Waals surface area contributed by atoms with Gasteiger partial charge in [0.05, 0.1) is 24.1 Å². The van der Waals surface area contributed by atoms with Crippen LogP contribution in [-0.4, -0.2) is 33.6 Å². The first-order valence-electron chi connectivity index (χ1n) is 6.19. The van der Waals surface area contributed by atoms with Crippen molar-refractivity contribution in [3.63, 3.8) is 0 Å². The number of carboxylic acid groups (broad SMARTS) is 1. The van der Waals surface area contributed by atoms with Crippen molar-refractivity contribution in [2.75, 3.05) is 11.9 Å². The normalized spacial score (nSPS) is 9.95. The van der Waals surface area contributed by atoms with Gasteiger partial charge in [-0.1, -0.05) is 0 Å². The quantitative estimate of drug-likeness (QED) is 0.869. The zero-order valence-electron chi connectivity index (χ0n) is 11.2. The van der Waals surface area contributed by atoms with E-state index >= 15 is 0 Å². The minimum atomic E-state index is -1.14. The van der Waals surface area contributed by atoms with Crippen LogP contribution in [0.3, 0.4) is 0 Å². The molecule has 0 radical (unpaired) electrons. The Hall–Kier alpha value is -2.96. The summed E-state index contributed by atoms with van der Waals surface area (Å²) < 4.78 is 5.20. The van der Waals surface area contributed by atoms with Gasteiger partial charge in [-0.05, 0) is 25.1 Å². The van der Waals surface area contributed by atoms with Crippen LogP contribution in [0.5, 0.6) is 5.88 Å². The molecule has 0 unspecified atom stereocenters. The molecule has 2 heterocycles. The highest BCUT2D eigenvalue weighted by Crippen LogP contribution is 2.12. The first kappa shape index (κ1) is 14.4. The predicted octanol–water partition coefficient (Wildman–Crippen LogP) is 1.83. The molecule has 0 atom stereocenters. The second-order valence-electron chi connectivity index (χ2n) is 4.01. The van der Waals surface area contributed by atoms with E-state index in [0.717, 1.165) is 0 Å². The van der Waals surface area contributed by atoms with E-state index in [4.69, 9.17) is 9.84 Å². The van der Waals surface area contributed by atoms with Gasteiger partial charge >= 0.3 is 5.97 Å². The number of amides is 1. The summed E-state index contributed by atoms with van der Waals surface area (Å²) in [4.78, 5) is 30.3. The maximum Gasteiger partial charge on any atom is 0.354 e. The third-order valence-corrected chi connectivity index (χ3v) is 2.53. The van der Waals surface area contributed by atoms with Crippen LogP contribution >= 0.6 is 0 Å². The number of carboxylic acids is 1. The molecule has 2 aromatic heterocycles. The topological polar surface area (TPSA) is 101 Å². The van der Waals surface area contributed by atoms with Crippen LogP contribution in [0.1, 0.15) is 27.8 Å². The lowest BCUT2D eigenvalue weighted by Crippen LogP contribution is -2.13. The maximum atomic E-state index is 11.9. The molecule has 1 amide bonds. The SMILES string of the molecule is CCOc1ccc(NC(=O)c2ccc(C(=O)O)nc2)cn1. The monoisotopic (exact) mass is 287 g/mol. The van der Waals surface area contributed by atoms with Crippen LogP contribution in [0.2, 0.25) is 0 Å². The van der Waals surface area contributed by atoms with Gasteiger partial charge in [-0.3, -0.25) is 4.79 Å². The van der Waals surface area contributed by atoms with Gasteiger partial charge in [0.15, 0.2) is 0 Å². The molecule has 7 heteroatoms. The molecule has 0 spiro atoms. The van der Waals surface area contributed by atoms with Crippen molar-refractivity contribution >= 4 is 17.6 Å². The molecule has 0 fully saturated rings. The van der Waals surface area contributed by atoms with Crippen LogP contribution in [0.4, 0.5) is 5.69 Å². The summed E-state index contributed by atoms with van der Waals surface area (Å²) in [6.45, 7) is 2.37. The highest BCUT2D eigenvalue weighted by molar-refractivity contribution is 6.04. The van der Waals surface area contributed by atoms with Gasteiger partial charge in [-0.25, -0.2) is 14.8 Å². The molecule has 108 valence electrons. The first-order valence-corrected chi connectivity index (χ1v) is 6.19. The third kappa shape index (κ3) is 3.75. The molecular formula is C14H13N3O4. The lowest BCUT2D eigenvalue weighted by atomic mass is 10.2. The van der Waals surface area contributed by atoms with Gasteiger partial charge in [-0.2, -0.15) is 0 Å². The van der Waals surface area contributed by atoms with E-state index in [2.05, 4.69) is 15.3 Å². The van der Waals surface area contributed by atoms with Crippen LogP contribution < -0.4 is 10.1 Å². The summed E-state index contributed by atoms with van der Waals surface area (Å²) in [6, 6.07) is 5.97. The van der Waals surface area contributed by atoms with E-state index in [9.17, 15) is 9.59 Å². The summed E-state index contributed by atoms with van der Waals surface area (Å²) in [5, 5.41) is 11.4. The van der Waals surface area contributed by atoms with Gasteiger partial charge < -0.3 is 15.2 Å². The first-order chi connectivity index (χ1) is 10.1. The van der Waals surface area contributed by atoms with Crippen LogP contribution in [0.15, 0.2) is 36.7 Å². The molecule has 2 aromatic rings. The molecule has 0 aliphatic heterocycles. The average molecular weight is 287 g/mol. The fourth-order valence-electron chi connectivity index (χ4n) is 1.55. The second-order valence-corrected chi connectivity index (χ2v) is 4.01. The van der Waals surface area contributed by atoms with Crippen LogP contribution in [0.25, 0.3) is 0 Å². The number of carbonyl (C=O) groups excluding carboxylic acids is 1.